The second-order valence-corrected chi connectivity index (χ2v) is 10.8. The van der Waals surface area contributed by atoms with Gasteiger partial charge in [0.15, 0.2) is 17.8 Å². The first kappa shape index (κ1) is 26.6. The zero-order valence-corrected chi connectivity index (χ0v) is 23.4. The number of nitrogens with one attached hydrogen (secondary N) is 1. The Bertz CT molecular complexity index is 1970. The van der Waals surface area contributed by atoms with Crippen LogP contribution in [0.5, 0.6) is 5.75 Å². The molecule has 0 spiro atoms. The highest BCUT2D eigenvalue weighted by molar-refractivity contribution is 5.84. The zero-order chi connectivity index (χ0) is 29.3. The van der Waals surface area contributed by atoms with Crippen LogP contribution in [0.1, 0.15) is 39.5 Å². The minimum atomic E-state index is 0.0241. The molecule has 6 aromatic rings. The van der Waals surface area contributed by atoms with Crippen molar-refractivity contribution in [1.82, 2.24) is 24.8 Å². The van der Waals surface area contributed by atoms with Gasteiger partial charge in [0.05, 0.1) is 16.8 Å². The summed E-state index contributed by atoms with van der Waals surface area (Å²) in [6.45, 7) is 0.758. The number of anilines is 1. The van der Waals surface area contributed by atoms with Crippen LogP contribution in [-0.2, 0) is 12.8 Å². The van der Waals surface area contributed by atoms with E-state index in [0.29, 0.717) is 23.5 Å². The maximum atomic E-state index is 11.0. The van der Waals surface area contributed by atoms with Crippen molar-refractivity contribution in [3.05, 3.63) is 119 Å². The lowest BCUT2D eigenvalue weighted by atomic mass is 10.1. The minimum Gasteiger partial charge on any atom is -0.507 e. The number of aromatic nitrogens is 4. The summed E-state index contributed by atoms with van der Waals surface area (Å²) >= 11 is 0. The number of aldehydes is 1. The quantitative estimate of drug-likeness (QED) is 0.191. The second-order valence-electron chi connectivity index (χ2n) is 10.8. The third-order valence-electron chi connectivity index (χ3n) is 8.14. The standard InChI is InChI=1S/C35H30N6O2/c36-33-28(7-4-17-38-33)34-40-31-15-14-29(23-5-2-1-3-6-23)39-35(31)41(34)26-11-12-27-24(20-26)10-13-30(27)37-18-16-22-8-9-25(21-42)32(43)19-22/h1-9,11-12,14-15,17,19-21,30,37,43H,10,13,16,18H2,(H2,36,38)/t30-/m1/s1. The molecule has 0 bridgehead atoms. The van der Waals surface area contributed by atoms with Crippen molar-refractivity contribution in [2.24, 2.45) is 0 Å². The van der Waals surface area contributed by atoms with E-state index in [-0.39, 0.29) is 11.8 Å². The Kier molecular flexibility index (Phi) is 6.89. The number of imidazole rings is 1. The van der Waals surface area contributed by atoms with Gasteiger partial charge in [-0.2, -0.15) is 0 Å². The number of aromatic hydroxyl groups is 1. The topological polar surface area (TPSA) is 119 Å². The number of benzene rings is 3. The molecule has 3 aromatic heterocycles. The van der Waals surface area contributed by atoms with E-state index in [2.05, 4.69) is 45.2 Å². The van der Waals surface area contributed by atoms with Crippen molar-refractivity contribution in [2.75, 3.05) is 12.3 Å². The number of phenolic OH excluding ortho intramolecular Hbond substituents is 1. The molecule has 4 N–H and O–H groups in total. The van der Waals surface area contributed by atoms with Crippen LogP contribution >= 0.6 is 0 Å². The third kappa shape index (κ3) is 5.02. The lowest BCUT2D eigenvalue weighted by Crippen LogP contribution is -2.22. The number of nitrogen functional groups attached to an aromatic ring is 1. The van der Waals surface area contributed by atoms with Crippen molar-refractivity contribution in [2.45, 2.75) is 25.3 Å². The smallest absolute Gasteiger partial charge is 0.165 e. The van der Waals surface area contributed by atoms with E-state index in [9.17, 15) is 9.90 Å². The highest BCUT2D eigenvalue weighted by atomic mass is 16.3. The van der Waals surface area contributed by atoms with E-state index in [1.807, 2.05) is 48.5 Å². The Balaban J connectivity index is 1.22. The Morgan fingerprint density at radius 3 is 2.67 bits per heavy atom. The van der Waals surface area contributed by atoms with Crippen molar-refractivity contribution in [3.8, 4) is 34.1 Å². The summed E-state index contributed by atoms with van der Waals surface area (Å²) in [7, 11) is 0. The van der Waals surface area contributed by atoms with Crippen molar-refractivity contribution >= 4 is 23.3 Å². The van der Waals surface area contributed by atoms with E-state index in [1.54, 1.807) is 18.3 Å². The number of carbonyl (C=O) groups is 1. The number of nitrogens with zero attached hydrogens (tertiary/aromatic N) is 4. The monoisotopic (exact) mass is 566 g/mol. The number of fused-ring (bicyclic) bond motifs is 2. The van der Waals surface area contributed by atoms with E-state index >= 15 is 0 Å². The number of nitrogens with two attached hydrogens (primary N) is 1. The van der Waals surface area contributed by atoms with Gasteiger partial charge >= 0.3 is 0 Å². The number of carbonyl (C=O) groups excluding carboxylic acids is 1. The fourth-order valence-electron chi connectivity index (χ4n) is 5.95. The van der Waals surface area contributed by atoms with Crippen LogP contribution < -0.4 is 11.1 Å². The number of hydrogen-bond acceptors (Lipinski definition) is 7. The maximum absolute atomic E-state index is 11.0. The molecule has 8 nitrogen and oxygen atoms in total. The summed E-state index contributed by atoms with van der Waals surface area (Å²) in [5, 5.41) is 13.7. The van der Waals surface area contributed by atoms with Crippen LogP contribution in [0.15, 0.2) is 97.2 Å². The molecule has 212 valence electrons. The van der Waals surface area contributed by atoms with Crippen molar-refractivity contribution in [3.63, 3.8) is 0 Å². The fourth-order valence-corrected chi connectivity index (χ4v) is 5.95. The summed E-state index contributed by atoms with van der Waals surface area (Å²) in [5.74, 6) is 1.15. The second kappa shape index (κ2) is 11.2. The predicted octanol–water partition coefficient (Wildman–Crippen LogP) is 6.07. The average molecular weight is 567 g/mol. The molecule has 8 heteroatoms. The number of aryl methyl sites for hydroxylation is 1. The molecule has 43 heavy (non-hydrogen) atoms. The van der Waals surface area contributed by atoms with Gasteiger partial charge in [0.2, 0.25) is 0 Å². The number of rotatable bonds is 8. The summed E-state index contributed by atoms with van der Waals surface area (Å²) in [6, 6.07) is 30.0. The van der Waals surface area contributed by atoms with Gasteiger partial charge < -0.3 is 16.2 Å². The van der Waals surface area contributed by atoms with E-state index in [0.717, 1.165) is 65.0 Å². The molecule has 7 rings (SSSR count). The molecule has 0 amide bonds. The molecule has 0 aliphatic heterocycles. The summed E-state index contributed by atoms with van der Waals surface area (Å²) in [6.07, 6.45) is 5.06. The fraction of sp³-hybridized carbons (Fsp3) is 0.143. The van der Waals surface area contributed by atoms with Gasteiger partial charge in [-0.05, 0) is 91.0 Å². The molecular weight excluding hydrogens is 536 g/mol. The minimum absolute atomic E-state index is 0.0241. The highest BCUT2D eigenvalue weighted by Crippen LogP contribution is 2.36. The zero-order valence-electron chi connectivity index (χ0n) is 23.4. The van der Waals surface area contributed by atoms with E-state index < -0.39 is 0 Å². The maximum Gasteiger partial charge on any atom is 0.165 e. The lowest BCUT2D eigenvalue weighted by Gasteiger charge is -2.16. The largest absolute Gasteiger partial charge is 0.507 e. The van der Waals surface area contributed by atoms with Gasteiger partial charge in [-0.3, -0.25) is 9.36 Å². The van der Waals surface area contributed by atoms with Gasteiger partial charge in [-0.1, -0.05) is 42.5 Å². The Morgan fingerprint density at radius 1 is 0.977 bits per heavy atom. The molecule has 1 aliphatic rings. The van der Waals surface area contributed by atoms with Crippen LogP contribution in [0, 0.1) is 0 Å². The molecule has 0 saturated carbocycles. The Morgan fingerprint density at radius 2 is 1.86 bits per heavy atom. The molecule has 0 fully saturated rings. The Labute approximate surface area is 248 Å². The van der Waals surface area contributed by atoms with Crippen LogP contribution in [0.4, 0.5) is 5.82 Å². The van der Waals surface area contributed by atoms with E-state index in [1.165, 1.54) is 11.1 Å². The number of pyridine rings is 2. The van der Waals surface area contributed by atoms with E-state index in [4.69, 9.17) is 15.7 Å². The number of phenols is 1. The molecule has 3 aromatic carbocycles. The normalized spacial score (nSPS) is 14.2. The summed E-state index contributed by atoms with van der Waals surface area (Å²) < 4.78 is 2.09. The van der Waals surface area contributed by atoms with Crippen molar-refractivity contribution in [1.29, 1.82) is 0 Å². The van der Waals surface area contributed by atoms with Gasteiger partial charge in [-0.15, -0.1) is 0 Å². The van der Waals surface area contributed by atoms with Crippen LogP contribution in [0.3, 0.4) is 0 Å². The average Bonchev–Trinajstić information content (AvgIpc) is 3.62. The summed E-state index contributed by atoms with van der Waals surface area (Å²) in [5.41, 5.74) is 15.4. The molecule has 3 heterocycles. The van der Waals surface area contributed by atoms with Crippen molar-refractivity contribution < 1.29 is 9.90 Å². The number of hydrogen-bond donors (Lipinski definition) is 3. The third-order valence-corrected chi connectivity index (χ3v) is 8.14. The van der Waals surface area contributed by atoms with Gasteiger partial charge in [0.25, 0.3) is 0 Å². The first-order valence-electron chi connectivity index (χ1n) is 14.4. The van der Waals surface area contributed by atoms with Crippen LogP contribution in [0.25, 0.3) is 39.5 Å². The SMILES string of the molecule is Nc1ncccc1-c1nc2ccc(-c3ccccc3)nc2n1-c1ccc2c(c1)CC[C@H]2NCCc1ccc(C=O)c(O)c1. The van der Waals surface area contributed by atoms with Gasteiger partial charge in [-0.25, -0.2) is 15.0 Å². The lowest BCUT2D eigenvalue weighted by molar-refractivity contribution is 0.112. The molecule has 0 radical (unpaired) electrons. The van der Waals surface area contributed by atoms with Crippen LogP contribution in [-0.4, -0.2) is 37.5 Å². The molecule has 0 unspecified atom stereocenters. The van der Waals surface area contributed by atoms with Gasteiger partial charge in [0, 0.05) is 23.5 Å². The first-order valence-corrected chi connectivity index (χ1v) is 14.4. The Hall–Kier alpha value is -5.34. The summed E-state index contributed by atoms with van der Waals surface area (Å²) in [4.78, 5) is 25.4. The molecule has 1 atom stereocenters. The molecular formula is C35H30N6O2. The molecule has 1 aliphatic carbocycles. The van der Waals surface area contributed by atoms with Gasteiger partial charge in [0.1, 0.15) is 17.1 Å². The highest BCUT2D eigenvalue weighted by Gasteiger charge is 2.24. The predicted molar refractivity (Wildman–Crippen MR) is 168 cm³/mol. The molecule has 0 saturated heterocycles. The first-order chi connectivity index (χ1) is 21.1. The van der Waals surface area contributed by atoms with Crippen LogP contribution in [0.2, 0.25) is 0 Å².